The van der Waals surface area contributed by atoms with Crippen molar-refractivity contribution in [2.75, 3.05) is 26.4 Å². The Bertz CT molecular complexity index is 2040. The Hall–Kier alpha value is -5.41. The van der Waals surface area contributed by atoms with Crippen LogP contribution in [0, 0.1) is 0 Å². The molecule has 0 spiro atoms. The van der Waals surface area contributed by atoms with Gasteiger partial charge in [-0.2, -0.15) is 0 Å². The van der Waals surface area contributed by atoms with Gasteiger partial charge in [-0.25, -0.2) is 4.57 Å². The summed E-state index contributed by atoms with van der Waals surface area (Å²) in [6.07, 6.45) is 96.0. The molecule has 0 saturated heterocycles. The molecule has 2 unspecified atom stereocenters. The molecule has 0 rings (SSSR count). The number of allylic oxidation sites excluding steroid dienone is 34. The highest BCUT2D eigenvalue weighted by Crippen LogP contribution is 2.43. The molecule has 3 N–H and O–H groups in total. The van der Waals surface area contributed by atoms with Gasteiger partial charge in [0.25, 0.3) is 0 Å². The van der Waals surface area contributed by atoms with Crippen molar-refractivity contribution in [2.24, 2.45) is 5.73 Å². The third-order valence-electron chi connectivity index (χ3n) is 11.2. The zero-order chi connectivity index (χ0) is 57.3. The Morgan fingerprint density at radius 3 is 0.975 bits per heavy atom. The molecule has 2 atom stereocenters. The fourth-order valence-electron chi connectivity index (χ4n) is 6.88. The average molecular weight is 1110 g/mol. The predicted molar refractivity (Wildman–Crippen MR) is 338 cm³/mol. The number of nitrogens with two attached hydrogens (primary N) is 1. The number of carbonyl (C=O) groups excluding carboxylic acids is 2. The normalized spacial score (nSPS) is 14.5. The van der Waals surface area contributed by atoms with E-state index < -0.39 is 32.5 Å². The van der Waals surface area contributed by atoms with Crippen LogP contribution in [0.2, 0.25) is 0 Å². The van der Waals surface area contributed by atoms with Crippen molar-refractivity contribution >= 4 is 19.8 Å². The highest BCUT2D eigenvalue weighted by atomic mass is 31.2. The number of phosphoric ester groups is 1. The third-order valence-corrected chi connectivity index (χ3v) is 12.1. The van der Waals surface area contributed by atoms with E-state index in [0.29, 0.717) is 12.8 Å². The third kappa shape index (κ3) is 61.7. The minimum absolute atomic E-state index is 0.0281. The SMILES string of the molecule is CC/C=C\C/C=C\C/C=C\C/C=C\C/C=C\C/C=C\C/C=C\C/C=C\C/C=C\C/C=C\CCCCC(=O)OC(COC(=O)CCCCC/C=C\C/C=C\C/C=C\C/C=C\C/C=C\C/C=C\C/C=C\CC)COP(=O)(O)OCCN. The molecule has 0 aromatic heterocycles. The first-order valence-corrected chi connectivity index (χ1v) is 31.1. The highest BCUT2D eigenvalue weighted by Gasteiger charge is 2.26. The van der Waals surface area contributed by atoms with E-state index in [-0.39, 0.29) is 32.6 Å². The Labute approximate surface area is 480 Å². The summed E-state index contributed by atoms with van der Waals surface area (Å²) in [6, 6.07) is 0. The molecule has 0 aliphatic carbocycles. The number of phosphoric acid groups is 1. The van der Waals surface area contributed by atoms with E-state index in [0.717, 1.165) is 141 Å². The van der Waals surface area contributed by atoms with Crippen LogP contribution in [0.3, 0.4) is 0 Å². The van der Waals surface area contributed by atoms with E-state index in [9.17, 15) is 19.0 Å². The van der Waals surface area contributed by atoms with Crippen molar-refractivity contribution in [1.82, 2.24) is 0 Å². The van der Waals surface area contributed by atoms with Gasteiger partial charge in [-0.1, -0.05) is 227 Å². The molecule has 0 aliphatic rings. The largest absolute Gasteiger partial charge is 0.472 e. The first kappa shape index (κ1) is 73.6. The lowest BCUT2D eigenvalue weighted by atomic mass is 10.1. The van der Waals surface area contributed by atoms with Crippen LogP contribution >= 0.6 is 7.82 Å². The van der Waals surface area contributed by atoms with E-state index >= 15 is 0 Å². The lowest BCUT2D eigenvalue weighted by Crippen LogP contribution is -2.29. The van der Waals surface area contributed by atoms with Gasteiger partial charge >= 0.3 is 19.8 Å². The predicted octanol–water partition coefficient (Wildman–Crippen LogP) is 19.2. The second kappa shape index (κ2) is 61.8. The fraction of sp³-hybridized carbons (Fsp3) is 0.478. The van der Waals surface area contributed by atoms with Crippen LogP contribution in [0.25, 0.3) is 0 Å². The van der Waals surface area contributed by atoms with Gasteiger partial charge < -0.3 is 20.1 Å². The number of hydrogen-bond acceptors (Lipinski definition) is 8. The van der Waals surface area contributed by atoms with Crippen molar-refractivity contribution in [3.63, 3.8) is 0 Å². The van der Waals surface area contributed by atoms with E-state index in [1.165, 1.54) is 0 Å². The zero-order valence-corrected chi connectivity index (χ0v) is 49.6. The number of carbonyl (C=O) groups is 2. The molecule has 0 heterocycles. The van der Waals surface area contributed by atoms with Gasteiger partial charge in [-0.05, 0) is 148 Å². The smallest absolute Gasteiger partial charge is 0.462 e. The molecule has 0 fully saturated rings. The summed E-state index contributed by atoms with van der Waals surface area (Å²) in [6.45, 7) is 3.38. The number of ether oxygens (including phenoxy) is 2. The molecular weight excluding hydrogens is 1000 g/mol. The van der Waals surface area contributed by atoms with Gasteiger partial charge in [0.05, 0.1) is 13.2 Å². The minimum Gasteiger partial charge on any atom is -0.462 e. The van der Waals surface area contributed by atoms with Crippen LogP contribution in [-0.4, -0.2) is 49.3 Å². The summed E-state index contributed by atoms with van der Waals surface area (Å²) >= 11 is 0. The molecular formula is C69H104NO8P. The fourth-order valence-corrected chi connectivity index (χ4v) is 7.64. The minimum atomic E-state index is -4.43. The van der Waals surface area contributed by atoms with Crippen LogP contribution in [0.4, 0.5) is 0 Å². The zero-order valence-electron chi connectivity index (χ0n) is 48.7. The molecule has 0 aromatic rings. The van der Waals surface area contributed by atoms with E-state index in [4.69, 9.17) is 24.3 Å². The van der Waals surface area contributed by atoms with Crippen molar-refractivity contribution in [2.45, 2.75) is 187 Å². The van der Waals surface area contributed by atoms with Gasteiger partial charge in [0.15, 0.2) is 6.10 Å². The van der Waals surface area contributed by atoms with E-state index in [2.05, 4.69) is 220 Å². The standard InChI is InChI=1S/C69H104NO8P/c1-3-5-7-9-11-13-15-17-19-21-23-25-27-29-30-31-32-33-34-35-36-38-40-42-44-46-48-50-52-54-56-58-60-62-69(72)78-67(66-77-79(73,74)76-64-63-70)65-75-68(71)61-59-57-55-53-51-49-47-45-43-41-39-37-28-26-24-22-20-18-16-14-12-10-8-6-4-2/h5-8,11-14,17-20,23-26,29-30,32-33,35-37,39-40,42-43,45-46,48-49,51-52,54,67H,3-4,9-10,15-16,21-22,27-28,31,34,38,41,44,47,50,53,55-66,70H2,1-2H3,(H,73,74)/b7-5-,8-6-,13-11-,14-12-,19-17-,20-18-,25-23-,26-24-,30-29-,33-32-,36-35-,39-37-,42-40-,45-43-,48-46-,51-49-,54-52-. The number of esters is 2. The molecule has 0 saturated carbocycles. The number of unbranched alkanes of at least 4 members (excludes halogenated alkanes) is 5. The van der Waals surface area contributed by atoms with Crippen LogP contribution < -0.4 is 5.73 Å². The molecule has 0 aliphatic heterocycles. The summed E-state index contributed by atoms with van der Waals surface area (Å²) < 4.78 is 32.9. The maximum atomic E-state index is 12.7. The Morgan fingerprint density at radius 1 is 0.380 bits per heavy atom. The topological polar surface area (TPSA) is 134 Å². The molecule has 438 valence electrons. The van der Waals surface area contributed by atoms with Crippen molar-refractivity contribution in [3.8, 4) is 0 Å². The van der Waals surface area contributed by atoms with Crippen LogP contribution in [0.15, 0.2) is 207 Å². The Morgan fingerprint density at radius 2 is 0.658 bits per heavy atom. The van der Waals surface area contributed by atoms with Gasteiger partial charge in [0.1, 0.15) is 6.61 Å². The summed E-state index contributed by atoms with van der Waals surface area (Å²) in [4.78, 5) is 35.2. The molecule has 0 aromatic carbocycles. The Balaban J connectivity index is 4.22. The molecule has 0 bridgehead atoms. The quantitative estimate of drug-likeness (QED) is 0.0264. The van der Waals surface area contributed by atoms with E-state index in [1.54, 1.807) is 0 Å². The summed E-state index contributed by atoms with van der Waals surface area (Å²) in [7, 11) is -4.43. The monoisotopic (exact) mass is 1110 g/mol. The van der Waals surface area contributed by atoms with Crippen LogP contribution in [-0.2, 0) is 32.7 Å². The lowest BCUT2D eigenvalue weighted by molar-refractivity contribution is -0.161. The van der Waals surface area contributed by atoms with Gasteiger partial charge in [0.2, 0.25) is 0 Å². The molecule has 10 heteroatoms. The Kier molecular flexibility index (Phi) is 57.6. The maximum Gasteiger partial charge on any atom is 0.472 e. The van der Waals surface area contributed by atoms with Crippen molar-refractivity contribution < 1.29 is 37.6 Å². The molecule has 79 heavy (non-hydrogen) atoms. The first-order valence-electron chi connectivity index (χ1n) is 29.6. The van der Waals surface area contributed by atoms with Crippen LogP contribution in [0.5, 0.6) is 0 Å². The van der Waals surface area contributed by atoms with Gasteiger partial charge in [-0.3, -0.25) is 18.6 Å². The van der Waals surface area contributed by atoms with Crippen LogP contribution in [0.1, 0.15) is 181 Å². The summed E-state index contributed by atoms with van der Waals surface area (Å²) in [5.74, 6) is -0.940. The van der Waals surface area contributed by atoms with Gasteiger partial charge in [-0.15, -0.1) is 0 Å². The van der Waals surface area contributed by atoms with Gasteiger partial charge in [0, 0.05) is 19.4 Å². The summed E-state index contributed by atoms with van der Waals surface area (Å²) in [5, 5.41) is 0. The van der Waals surface area contributed by atoms with E-state index in [1.807, 2.05) is 0 Å². The lowest BCUT2D eigenvalue weighted by Gasteiger charge is -2.19. The number of hydrogen-bond donors (Lipinski definition) is 2. The molecule has 0 amide bonds. The second-order valence-corrected chi connectivity index (χ2v) is 19.8. The highest BCUT2D eigenvalue weighted by molar-refractivity contribution is 7.47. The average Bonchev–Trinajstić information content (AvgIpc) is 3.44. The molecule has 0 radical (unpaired) electrons. The van der Waals surface area contributed by atoms with Crippen molar-refractivity contribution in [3.05, 3.63) is 207 Å². The maximum absolute atomic E-state index is 12.7. The first-order chi connectivity index (χ1) is 38.8. The number of rotatable bonds is 52. The van der Waals surface area contributed by atoms with Crippen molar-refractivity contribution in [1.29, 1.82) is 0 Å². The second-order valence-electron chi connectivity index (χ2n) is 18.4. The summed E-state index contributed by atoms with van der Waals surface area (Å²) in [5.41, 5.74) is 5.38. The molecule has 9 nitrogen and oxygen atoms in total.